The second-order valence-corrected chi connectivity index (χ2v) is 17.7. The second-order valence-electron chi connectivity index (χ2n) is 17.7. The molecule has 0 saturated carbocycles. The van der Waals surface area contributed by atoms with Crippen LogP contribution in [-0.4, -0.2) is 142 Å². The molecule has 2 fully saturated rings. The van der Waals surface area contributed by atoms with Crippen molar-refractivity contribution in [2.45, 2.75) is 223 Å². The van der Waals surface area contributed by atoms with Gasteiger partial charge in [-0.3, -0.25) is 9.59 Å². The number of rotatable bonds is 38. The van der Waals surface area contributed by atoms with Crippen LogP contribution < -0.4 is 0 Å². The van der Waals surface area contributed by atoms with Gasteiger partial charge in [0.25, 0.3) is 0 Å². The van der Waals surface area contributed by atoms with Gasteiger partial charge in [0.1, 0.15) is 55.4 Å². The van der Waals surface area contributed by atoms with Gasteiger partial charge in [0, 0.05) is 12.8 Å². The highest BCUT2D eigenvalue weighted by atomic mass is 16.7. The van der Waals surface area contributed by atoms with Crippen LogP contribution in [0.1, 0.15) is 155 Å². The number of esters is 2. The normalized spacial score (nSPS) is 26.4. The van der Waals surface area contributed by atoms with Gasteiger partial charge in [-0.25, -0.2) is 0 Å². The Morgan fingerprint density at radius 1 is 0.500 bits per heavy atom. The van der Waals surface area contributed by atoms with E-state index >= 15 is 0 Å². The zero-order chi connectivity index (χ0) is 49.6. The first kappa shape index (κ1) is 61.1. The minimum absolute atomic E-state index is 0.127. The molecule has 2 heterocycles. The Morgan fingerprint density at radius 3 is 1.62 bits per heavy atom. The Kier molecular flexibility index (Phi) is 35.6. The van der Waals surface area contributed by atoms with E-state index in [9.17, 15) is 45.3 Å². The fourth-order valence-electron chi connectivity index (χ4n) is 7.56. The molecule has 68 heavy (non-hydrogen) atoms. The third kappa shape index (κ3) is 27.4. The van der Waals surface area contributed by atoms with Crippen LogP contribution in [0.4, 0.5) is 0 Å². The van der Waals surface area contributed by atoms with Crippen LogP contribution in [0.25, 0.3) is 0 Å². The average Bonchev–Trinajstić information content (AvgIpc) is 3.33. The van der Waals surface area contributed by atoms with Crippen molar-refractivity contribution < 1.29 is 73.8 Å². The molecule has 7 N–H and O–H groups in total. The molecule has 2 aliphatic rings. The standard InChI is InChI=1S/C53H88O15/c1-3-5-7-9-11-13-15-17-19-20-22-23-25-27-29-31-33-35-44(55)63-38-41(66-45(56)36-34-32-30-28-26-24-21-18-16-14-12-10-8-6-4-2)39-64-52-51(62)49(60)47(58)43(68-52)40-65-53-50(61)48(59)46(57)42(37-54)67-53/h6,8,10,12,14,16,18,21-23,27,29,41-43,46-54,57-62H,3-5,7,9,11,13,15,17,19-20,24-26,28,30-40H2,1-2H3/b8-6+,12-10+,16-14+,21-18+,23-22+,29-27+/t41-,42+,43+,46-,47-,48?,49?,50?,51?,52+,53+/m0/s1. The SMILES string of the molecule is CC/C=C/C=C/C=C/C=C/CCCCCCCC(=O)O[C@@H](COC(=O)CCC/C=C/C/C=C/CCCCCCCCCCC)CO[C@@H]1O[C@H](CO[C@@H]2O[C@H](CO)[C@H](O)C(O)C2O)[C@H](O)C(O)C1O. The summed E-state index contributed by atoms with van der Waals surface area (Å²) in [6.07, 6.45) is 29.4. The summed E-state index contributed by atoms with van der Waals surface area (Å²) >= 11 is 0. The number of unbranched alkanes of at least 4 members (excludes halogenated alkanes) is 15. The van der Waals surface area contributed by atoms with E-state index in [1.165, 1.54) is 57.8 Å². The molecule has 0 spiro atoms. The van der Waals surface area contributed by atoms with E-state index in [0.717, 1.165) is 51.4 Å². The third-order valence-corrected chi connectivity index (χ3v) is 11.8. The molecule has 15 heteroatoms. The maximum atomic E-state index is 13.0. The number of hydrogen-bond donors (Lipinski definition) is 7. The maximum absolute atomic E-state index is 13.0. The molecular formula is C53H88O15. The predicted molar refractivity (Wildman–Crippen MR) is 261 cm³/mol. The van der Waals surface area contributed by atoms with Crippen LogP contribution in [0.3, 0.4) is 0 Å². The van der Waals surface area contributed by atoms with Crippen molar-refractivity contribution in [1.29, 1.82) is 0 Å². The van der Waals surface area contributed by atoms with Crippen LogP contribution in [-0.2, 0) is 38.0 Å². The summed E-state index contributed by atoms with van der Waals surface area (Å²) in [6, 6.07) is 0. The van der Waals surface area contributed by atoms with Gasteiger partial charge in [-0.1, -0.05) is 157 Å². The first-order chi connectivity index (χ1) is 33.0. The number of carbonyl (C=O) groups is 2. The van der Waals surface area contributed by atoms with Gasteiger partial charge in [0.05, 0.1) is 19.8 Å². The topological polar surface area (TPSA) is 231 Å². The third-order valence-electron chi connectivity index (χ3n) is 11.8. The number of carbonyl (C=O) groups excluding carboxylic acids is 2. The Balaban J connectivity index is 1.84. The smallest absolute Gasteiger partial charge is 0.306 e. The monoisotopic (exact) mass is 965 g/mol. The molecule has 0 aromatic carbocycles. The number of allylic oxidation sites excluding steroid dienone is 12. The first-order valence-corrected chi connectivity index (χ1v) is 25.6. The van der Waals surface area contributed by atoms with E-state index in [-0.39, 0.29) is 19.4 Å². The van der Waals surface area contributed by atoms with Gasteiger partial charge < -0.3 is 64.2 Å². The molecule has 2 rings (SSSR count). The van der Waals surface area contributed by atoms with Crippen LogP contribution >= 0.6 is 0 Å². The molecule has 0 aliphatic carbocycles. The average molecular weight is 965 g/mol. The predicted octanol–water partition coefficient (Wildman–Crippen LogP) is 7.04. The summed E-state index contributed by atoms with van der Waals surface area (Å²) in [4.78, 5) is 25.7. The van der Waals surface area contributed by atoms with E-state index < -0.39 is 99.3 Å². The van der Waals surface area contributed by atoms with E-state index in [0.29, 0.717) is 19.3 Å². The first-order valence-electron chi connectivity index (χ1n) is 25.6. The molecule has 0 amide bonds. The fraction of sp³-hybridized carbons (Fsp3) is 0.736. The molecule has 2 saturated heterocycles. The van der Waals surface area contributed by atoms with Gasteiger partial charge >= 0.3 is 11.9 Å². The zero-order valence-electron chi connectivity index (χ0n) is 41.1. The van der Waals surface area contributed by atoms with Gasteiger partial charge in [-0.05, 0) is 57.8 Å². The van der Waals surface area contributed by atoms with Crippen molar-refractivity contribution in [2.75, 3.05) is 26.4 Å². The highest BCUT2D eigenvalue weighted by Gasteiger charge is 2.47. The van der Waals surface area contributed by atoms with Crippen LogP contribution in [0.2, 0.25) is 0 Å². The number of aliphatic hydroxyl groups is 7. The number of hydrogen-bond acceptors (Lipinski definition) is 15. The summed E-state index contributed by atoms with van der Waals surface area (Å²) in [7, 11) is 0. The molecule has 0 bridgehead atoms. The lowest BCUT2D eigenvalue weighted by Gasteiger charge is -2.42. The van der Waals surface area contributed by atoms with Crippen LogP contribution in [0.5, 0.6) is 0 Å². The summed E-state index contributed by atoms with van der Waals surface area (Å²) < 4.78 is 33.5. The Morgan fingerprint density at radius 2 is 1.00 bits per heavy atom. The van der Waals surface area contributed by atoms with Gasteiger partial charge in [0.15, 0.2) is 18.7 Å². The summed E-state index contributed by atoms with van der Waals surface area (Å²) in [5.41, 5.74) is 0. The Labute approximate surface area is 406 Å². The van der Waals surface area contributed by atoms with Crippen molar-refractivity contribution in [1.82, 2.24) is 0 Å². The molecule has 0 radical (unpaired) electrons. The highest BCUT2D eigenvalue weighted by molar-refractivity contribution is 5.70. The molecule has 0 aromatic heterocycles. The molecule has 2 aliphatic heterocycles. The zero-order valence-corrected chi connectivity index (χ0v) is 41.1. The molecular weight excluding hydrogens is 877 g/mol. The van der Waals surface area contributed by atoms with Crippen molar-refractivity contribution in [3.8, 4) is 0 Å². The molecule has 390 valence electrons. The summed E-state index contributed by atoms with van der Waals surface area (Å²) in [5, 5.41) is 72.1. The van der Waals surface area contributed by atoms with Crippen LogP contribution in [0, 0.1) is 0 Å². The lowest BCUT2D eigenvalue weighted by atomic mass is 9.98. The largest absolute Gasteiger partial charge is 0.462 e. The fourth-order valence-corrected chi connectivity index (χ4v) is 7.56. The summed E-state index contributed by atoms with van der Waals surface area (Å²) in [5.74, 6) is -1.01. The van der Waals surface area contributed by atoms with E-state index in [1.54, 1.807) is 0 Å². The quantitative estimate of drug-likeness (QED) is 0.0142. The van der Waals surface area contributed by atoms with Gasteiger partial charge in [0.2, 0.25) is 0 Å². The van der Waals surface area contributed by atoms with Crippen molar-refractivity contribution in [2.24, 2.45) is 0 Å². The van der Waals surface area contributed by atoms with Crippen molar-refractivity contribution in [3.05, 3.63) is 72.9 Å². The Bertz CT molecular complexity index is 1460. The number of ether oxygens (including phenoxy) is 6. The second kappa shape index (κ2) is 39.6. The molecule has 15 nitrogen and oxygen atoms in total. The van der Waals surface area contributed by atoms with Crippen LogP contribution in [0.15, 0.2) is 72.9 Å². The Hall–Kier alpha value is -3.06. The van der Waals surface area contributed by atoms with Crippen molar-refractivity contribution in [3.63, 3.8) is 0 Å². The minimum atomic E-state index is -1.78. The maximum Gasteiger partial charge on any atom is 0.306 e. The lowest BCUT2D eigenvalue weighted by molar-refractivity contribution is -0.332. The molecule has 11 atom stereocenters. The van der Waals surface area contributed by atoms with E-state index in [2.05, 4.69) is 44.2 Å². The number of aliphatic hydroxyl groups excluding tert-OH is 7. The lowest BCUT2D eigenvalue weighted by Crippen LogP contribution is -2.61. The molecule has 0 aromatic rings. The molecule has 4 unspecified atom stereocenters. The van der Waals surface area contributed by atoms with E-state index in [4.69, 9.17) is 28.4 Å². The van der Waals surface area contributed by atoms with Gasteiger partial charge in [-0.2, -0.15) is 0 Å². The van der Waals surface area contributed by atoms with Crippen molar-refractivity contribution >= 4 is 11.9 Å². The summed E-state index contributed by atoms with van der Waals surface area (Å²) in [6.45, 7) is 2.37. The minimum Gasteiger partial charge on any atom is -0.462 e. The van der Waals surface area contributed by atoms with E-state index in [1.807, 2.05) is 42.5 Å². The van der Waals surface area contributed by atoms with Gasteiger partial charge in [-0.15, -0.1) is 0 Å². The highest BCUT2D eigenvalue weighted by Crippen LogP contribution is 2.26.